The molecule has 3 rings (SSSR count). The molecule has 1 saturated heterocycles. The number of carbonyl (C=O) groups is 2. The molecule has 0 aliphatic carbocycles. The van der Waals surface area contributed by atoms with Crippen molar-refractivity contribution in [1.82, 2.24) is 0 Å². The van der Waals surface area contributed by atoms with Crippen molar-refractivity contribution in [2.45, 2.75) is 6.42 Å². The van der Waals surface area contributed by atoms with E-state index in [1.165, 1.54) is 0 Å². The van der Waals surface area contributed by atoms with E-state index in [4.69, 9.17) is 9.47 Å². The van der Waals surface area contributed by atoms with E-state index in [0.29, 0.717) is 23.7 Å². The maximum absolute atomic E-state index is 12.7. The van der Waals surface area contributed by atoms with Crippen LogP contribution in [0.3, 0.4) is 0 Å². The van der Waals surface area contributed by atoms with E-state index in [1.54, 1.807) is 37.3 Å². The van der Waals surface area contributed by atoms with Crippen LogP contribution in [0.4, 0.5) is 17.1 Å². The average molecular weight is 383 g/mol. The molecular weight excluding hydrogens is 358 g/mol. The van der Waals surface area contributed by atoms with E-state index in [9.17, 15) is 9.59 Å². The summed E-state index contributed by atoms with van der Waals surface area (Å²) in [5.74, 6) is 0.474. The van der Waals surface area contributed by atoms with Crippen molar-refractivity contribution in [2.24, 2.45) is 5.92 Å². The SMILES string of the molecule is COc1ccc(NC(=O)C2CC(=O)N(c3ccc(N(C)C)cc3)C2)cc1OC. The Bertz CT molecular complexity index is 864. The lowest BCUT2D eigenvalue weighted by Crippen LogP contribution is -2.28. The number of hydrogen-bond acceptors (Lipinski definition) is 5. The molecule has 0 spiro atoms. The van der Waals surface area contributed by atoms with Gasteiger partial charge in [-0.2, -0.15) is 0 Å². The maximum atomic E-state index is 12.7. The molecule has 0 saturated carbocycles. The molecule has 1 atom stereocenters. The molecule has 148 valence electrons. The summed E-state index contributed by atoms with van der Waals surface area (Å²) in [6.07, 6.45) is 0.189. The van der Waals surface area contributed by atoms with Crippen LogP contribution in [0.25, 0.3) is 0 Å². The van der Waals surface area contributed by atoms with Crippen LogP contribution in [0.1, 0.15) is 6.42 Å². The first-order valence-corrected chi connectivity index (χ1v) is 9.03. The van der Waals surface area contributed by atoms with Gasteiger partial charge >= 0.3 is 0 Å². The van der Waals surface area contributed by atoms with Gasteiger partial charge in [0, 0.05) is 50.2 Å². The highest BCUT2D eigenvalue weighted by Crippen LogP contribution is 2.31. The highest BCUT2D eigenvalue weighted by atomic mass is 16.5. The largest absolute Gasteiger partial charge is 0.493 e. The van der Waals surface area contributed by atoms with E-state index in [2.05, 4.69) is 5.32 Å². The third-order valence-corrected chi connectivity index (χ3v) is 4.82. The van der Waals surface area contributed by atoms with Crippen LogP contribution in [-0.4, -0.2) is 46.7 Å². The number of hydrogen-bond donors (Lipinski definition) is 1. The third-order valence-electron chi connectivity index (χ3n) is 4.82. The van der Waals surface area contributed by atoms with Crippen LogP contribution in [0.5, 0.6) is 11.5 Å². The Hall–Kier alpha value is -3.22. The molecule has 2 aromatic rings. The molecule has 7 heteroatoms. The number of benzene rings is 2. The van der Waals surface area contributed by atoms with Gasteiger partial charge in [-0.1, -0.05) is 0 Å². The summed E-state index contributed by atoms with van der Waals surface area (Å²) < 4.78 is 10.5. The second-order valence-electron chi connectivity index (χ2n) is 6.88. The topological polar surface area (TPSA) is 71.1 Å². The monoisotopic (exact) mass is 383 g/mol. The van der Waals surface area contributed by atoms with Gasteiger partial charge in [-0.25, -0.2) is 0 Å². The lowest BCUT2D eigenvalue weighted by atomic mass is 10.1. The van der Waals surface area contributed by atoms with Gasteiger partial charge < -0.3 is 24.6 Å². The van der Waals surface area contributed by atoms with Crippen LogP contribution >= 0.6 is 0 Å². The Morgan fingerprint density at radius 1 is 1.07 bits per heavy atom. The van der Waals surface area contributed by atoms with Gasteiger partial charge in [0.05, 0.1) is 20.1 Å². The Balaban J connectivity index is 1.68. The predicted molar refractivity (Wildman–Crippen MR) is 109 cm³/mol. The highest BCUT2D eigenvalue weighted by Gasteiger charge is 2.35. The minimum absolute atomic E-state index is 0.0509. The van der Waals surface area contributed by atoms with E-state index in [1.807, 2.05) is 43.3 Å². The van der Waals surface area contributed by atoms with Crippen molar-refractivity contribution in [3.8, 4) is 11.5 Å². The Morgan fingerprint density at radius 2 is 1.75 bits per heavy atom. The molecule has 2 amide bonds. The summed E-state index contributed by atoms with van der Waals surface area (Å²) in [4.78, 5) is 28.8. The van der Waals surface area contributed by atoms with Gasteiger partial charge in [-0.3, -0.25) is 9.59 Å². The lowest BCUT2D eigenvalue weighted by Gasteiger charge is -2.19. The lowest BCUT2D eigenvalue weighted by molar-refractivity contribution is -0.122. The van der Waals surface area contributed by atoms with Crippen molar-refractivity contribution in [3.05, 3.63) is 42.5 Å². The first-order valence-electron chi connectivity index (χ1n) is 9.03. The van der Waals surface area contributed by atoms with Crippen molar-refractivity contribution in [3.63, 3.8) is 0 Å². The highest BCUT2D eigenvalue weighted by molar-refractivity contribution is 6.03. The van der Waals surface area contributed by atoms with Gasteiger partial charge in [-0.05, 0) is 36.4 Å². The fourth-order valence-corrected chi connectivity index (χ4v) is 3.22. The summed E-state index contributed by atoms with van der Waals surface area (Å²) >= 11 is 0. The quantitative estimate of drug-likeness (QED) is 0.831. The van der Waals surface area contributed by atoms with E-state index < -0.39 is 5.92 Å². The van der Waals surface area contributed by atoms with Crippen LogP contribution in [0, 0.1) is 5.92 Å². The first kappa shape index (κ1) is 19.5. The van der Waals surface area contributed by atoms with Gasteiger partial charge in [0.15, 0.2) is 11.5 Å². The maximum Gasteiger partial charge on any atom is 0.229 e. The molecule has 1 heterocycles. The van der Waals surface area contributed by atoms with Crippen molar-refractivity contribution < 1.29 is 19.1 Å². The van der Waals surface area contributed by atoms with Crippen LogP contribution in [0.15, 0.2) is 42.5 Å². The molecule has 0 bridgehead atoms. The number of nitrogens with one attached hydrogen (secondary N) is 1. The van der Waals surface area contributed by atoms with E-state index in [0.717, 1.165) is 11.4 Å². The molecule has 0 aromatic heterocycles. The number of rotatable bonds is 6. The molecule has 7 nitrogen and oxygen atoms in total. The second kappa shape index (κ2) is 8.21. The molecule has 28 heavy (non-hydrogen) atoms. The smallest absolute Gasteiger partial charge is 0.229 e. The molecule has 1 aliphatic rings. The molecular formula is C21H25N3O4. The van der Waals surface area contributed by atoms with Gasteiger partial charge in [0.1, 0.15) is 0 Å². The molecule has 1 fully saturated rings. The van der Waals surface area contributed by atoms with E-state index in [-0.39, 0.29) is 18.2 Å². The molecule has 1 unspecified atom stereocenters. The van der Waals surface area contributed by atoms with Crippen LogP contribution in [0.2, 0.25) is 0 Å². The standard InChI is InChI=1S/C21H25N3O4/c1-23(2)16-6-8-17(9-7-16)24-13-14(11-20(24)25)21(26)22-15-5-10-18(27-3)19(12-15)28-4/h5-10,12,14H,11,13H2,1-4H3,(H,22,26). The fraction of sp³-hybridized carbons (Fsp3) is 0.333. The fourth-order valence-electron chi connectivity index (χ4n) is 3.22. The first-order chi connectivity index (χ1) is 13.4. The number of anilines is 3. The minimum atomic E-state index is -0.408. The van der Waals surface area contributed by atoms with Gasteiger partial charge in [-0.15, -0.1) is 0 Å². The summed E-state index contributed by atoms with van der Waals surface area (Å²) in [6, 6.07) is 12.9. The van der Waals surface area contributed by atoms with Gasteiger partial charge in [0.2, 0.25) is 11.8 Å². The summed E-state index contributed by atoms with van der Waals surface area (Å²) in [6.45, 7) is 0.360. The Labute approximate surface area is 164 Å². The number of amides is 2. The number of ether oxygens (including phenoxy) is 2. The van der Waals surface area contributed by atoms with Crippen molar-refractivity contribution in [2.75, 3.05) is 50.0 Å². The average Bonchev–Trinajstić information content (AvgIpc) is 3.09. The van der Waals surface area contributed by atoms with Crippen LogP contribution < -0.4 is 24.6 Å². The Morgan fingerprint density at radius 3 is 2.36 bits per heavy atom. The molecule has 0 radical (unpaired) electrons. The minimum Gasteiger partial charge on any atom is -0.493 e. The third kappa shape index (κ3) is 4.03. The number of methoxy groups -OCH3 is 2. The Kier molecular flexibility index (Phi) is 5.73. The summed E-state index contributed by atoms with van der Waals surface area (Å²) in [7, 11) is 7.02. The number of carbonyl (C=O) groups excluding carboxylic acids is 2. The molecule has 1 aliphatic heterocycles. The van der Waals surface area contributed by atoms with Gasteiger partial charge in [0.25, 0.3) is 0 Å². The summed E-state index contributed by atoms with van der Waals surface area (Å²) in [5, 5.41) is 2.87. The zero-order chi connectivity index (χ0) is 20.3. The van der Waals surface area contributed by atoms with Crippen molar-refractivity contribution in [1.29, 1.82) is 0 Å². The second-order valence-corrected chi connectivity index (χ2v) is 6.88. The normalized spacial score (nSPS) is 16.1. The summed E-state index contributed by atoms with van der Waals surface area (Å²) in [5.41, 5.74) is 2.46. The van der Waals surface area contributed by atoms with E-state index >= 15 is 0 Å². The predicted octanol–water partition coefficient (Wildman–Crippen LogP) is 2.76. The van der Waals surface area contributed by atoms with Crippen LogP contribution in [-0.2, 0) is 9.59 Å². The number of nitrogens with zero attached hydrogens (tertiary/aromatic N) is 2. The zero-order valence-corrected chi connectivity index (χ0v) is 16.6. The molecule has 2 aromatic carbocycles. The molecule has 1 N–H and O–H groups in total. The zero-order valence-electron chi connectivity index (χ0n) is 16.6. The van der Waals surface area contributed by atoms with Crippen molar-refractivity contribution >= 4 is 28.9 Å².